The zero-order valence-electron chi connectivity index (χ0n) is 14.8. The smallest absolute Gasteiger partial charge is 0.337 e. The van der Waals surface area contributed by atoms with E-state index in [9.17, 15) is 23.1 Å². The predicted molar refractivity (Wildman–Crippen MR) is 104 cm³/mol. The molecule has 0 saturated carbocycles. The first-order valence-electron chi connectivity index (χ1n) is 8.27. The molecule has 0 aliphatic carbocycles. The van der Waals surface area contributed by atoms with Crippen molar-refractivity contribution in [2.75, 3.05) is 23.3 Å². The van der Waals surface area contributed by atoms with Crippen LogP contribution in [-0.4, -0.2) is 39.1 Å². The Morgan fingerprint density at radius 1 is 1.25 bits per heavy atom. The maximum Gasteiger partial charge on any atom is 0.337 e. The average Bonchev–Trinajstić information content (AvgIpc) is 3.06. The number of rotatable bonds is 6. The second kappa shape index (κ2) is 7.69. The molecule has 1 fully saturated rings. The van der Waals surface area contributed by atoms with Crippen LogP contribution in [0.2, 0.25) is 5.02 Å². The predicted octanol–water partition coefficient (Wildman–Crippen LogP) is 2.97. The summed E-state index contributed by atoms with van der Waals surface area (Å²) in [5.41, 5.74) is 0.171. The maximum atomic E-state index is 12.8. The quantitative estimate of drug-likeness (QED) is 0.737. The Bertz CT molecular complexity index is 1050. The second-order valence-corrected chi connectivity index (χ2v) is 8.17. The Morgan fingerprint density at radius 2 is 2.00 bits per heavy atom. The van der Waals surface area contributed by atoms with Crippen molar-refractivity contribution in [2.45, 2.75) is 17.7 Å². The van der Waals surface area contributed by atoms with E-state index in [1.807, 2.05) is 0 Å². The minimum absolute atomic E-state index is 0.0795. The van der Waals surface area contributed by atoms with Gasteiger partial charge in [0.1, 0.15) is 10.6 Å². The number of halogens is 1. The molecule has 0 atom stereocenters. The minimum atomic E-state index is -4.21. The van der Waals surface area contributed by atoms with Crippen LogP contribution in [0.15, 0.2) is 41.3 Å². The summed E-state index contributed by atoms with van der Waals surface area (Å²) in [6.45, 7) is 0.506. The van der Waals surface area contributed by atoms with Crippen LogP contribution >= 0.6 is 11.6 Å². The first-order valence-corrected chi connectivity index (χ1v) is 10.1. The van der Waals surface area contributed by atoms with Crippen LogP contribution in [0.1, 0.15) is 23.2 Å². The summed E-state index contributed by atoms with van der Waals surface area (Å²) in [4.78, 5) is 24.6. The molecule has 2 aromatic carbocycles. The maximum absolute atomic E-state index is 12.8. The fraction of sp³-hybridized carbons (Fsp3) is 0.222. The minimum Gasteiger partial charge on any atom is -0.495 e. The van der Waals surface area contributed by atoms with Crippen molar-refractivity contribution >= 4 is 44.9 Å². The number of aromatic carboxylic acids is 1. The first-order chi connectivity index (χ1) is 13.2. The van der Waals surface area contributed by atoms with E-state index in [1.54, 1.807) is 6.07 Å². The highest BCUT2D eigenvalue weighted by molar-refractivity contribution is 7.92. The summed E-state index contributed by atoms with van der Waals surface area (Å²) in [6.07, 6.45) is 1.11. The Balaban J connectivity index is 2.00. The molecule has 1 heterocycles. The number of carboxylic acid groups (broad SMARTS) is 1. The molecule has 2 N–H and O–H groups in total. The van der Waals surface area contributed by atoms with Gasteiger partial charge in [0, 0.05) is 18.0 Å². The molecule has 0 spiro atoms. The molecule has 0 bridgehead atoms. The fourth-order valence-corrected chi connectivity index (χ4v) is 4.38. The number of sulfonamides is 1. The van der Waals surface area contributed by atoms with E-state index in [0.717, 1.165) is 12.1 Å². The number of amides is 1. The van der Waals surface area contributed by atoms with Gasteiger partial charge in [-0.2, -0.15) is 0 Å². The molecule has 28 heavy (non-hydrogen) atoms. The number of methoxy groups -OCH3 is 1. The molecule has 0 radical (unpaired) electrons. The largest absolute Gasteiger partial charge is 0.495 e. The van der Waals surface area contributed by atoms with Crippen LogP contribution in [0.25, 0.3) is 0 Å². The third-order valence-electron chi connectivity index (χ3n) is 4.26. The van der Waals surface area contributed by atoms with Gasteiger partial charge >= 0.3 is 5.97 Å². The summed E-state index contributed by atoms with van der Waals surface area (Å²) in [6, 6.07) is 7.99. The number of hydrogen-bond donors (Lipinski definition) is 2. The van der Waals surface area contributed by atoms with E-state index in [1.165, 1.54) is 30.2 Å². The molecule has 2 aromatic rings. The third-order valence-corrected chi connectivity index (χ3v) is 5.93. The van der Waals surface area contributed by atoms with Gasteiger partial charge in [-0.15, -0.1) is 0 Å². The molecular weight excluding hydrogens is 408 g/mol. The van der Waals surface area contributed by atoms with E-state index in [2.05, 4.69) is 4.72 Å². The van der Waals surface area contributed by atoms with E-state index < -0.39 is 26.5 Å². The van der Waals surface area contributed by atoms with Gasteiger partial charge in [-0.05, 0) is 42.8 Å². The summed E-state index contributed by atoms with van der Waals surface area (Å²) < 4.78 is 33.1. The van der Waals surface area contributed by atoms with Crippen LogP contribution in [0.3, 0.4) is 0 Å². The highest BCUT2D eigenvalue weighted by Gasteiger charge is 2.26. The van der Waals surface area contributed by atoms with Crippen molar-refractivity contribution in [3.8, 4) is 5.75 Å². The van der Waals surface area contributed by atoms with Crippen molar-refractivity contribution in [1.29, 1.82) is 0 Å². The fourth-order valence-electron chi connectivity index (χ4n) is 2.98. The standard InChI is InChI=1S/C18H17ClN2O6S/c1-27-15-6-5-12(10-14(15)21-8-2-3-17(21)22)20-28(25,26)16-7-4-11(19)9-13(16)18(23)24/h4-7,9-10,20H,2-3,8H2,1H3,(H,23,24). The first kappa shape index (κ1) is 20.0. The molecule has 8 nitrogen and oxygen atoms in total. The number of hydrogen-bond acceptors (Lipinski definition) is 5. The van der Waals surface area contributed by atoms with Gasteiger partial charge < -0.3 is 14.7 Å². The number of nitrogens with zero attached hydrogens (tertiary/aromatic N) is 1. The van der Waals surface area contributed by atoms with Gasteiger partial charge in [0.15, 0.2) is 0 Å². The summed E-state index contributed by atoms with van der Waals surface area (Å²) >= 11 is 5.78. The van der Waals surface area contributed by atoms with Gasteiger partial charge in [0.05, 0.1) is 24.0 Å². The molecule has 1 saturated heterocycles. The molecule has 1 aliphatic rings. The highest BCUT2D eigenvalue weighted by Crippen LogP contribution is 2.35. The van der Waals surface area contributed by atoms with Crippen molar-refractivity contribution in [1.82, 2.24) is 0 Å². The topological polar surface area (TPSA) is 113 Å². The van der Waals surface area contributed by atoms with Crippen molar-refractivity contribution < 1.29 is 27.9 Å². The lowest BCUT2D eigenvalue weighted by atomic mass is 10.2. The normalized spacial score (nSPS) is 14.2. The number of ether oxygens (including phenoxy) is 1. The van der Waals surface area contributed by atoms with Crippen molar-refractivity contribution in [2.24, 2.45) is 0 Å². The van der Waals surface area contributed by atoms with Gasteiger partial charge in [0.2, 0.25) is 5.91 Å². The van der Waals surface area contributed by atoms with E-state index in [4.69, 9.17) is 16.3 Å². The van der Waals surface area contributed by atoms with Crippen molar-refractivity contribution in [3.63, 3.8) is 0 Å². The third kappa shape index (κ3) is 3.90. The highest BCUT2D eigenvalue weighted by atomic mass is 35.5. The summed E-state index contributed by atoms with van der Waals surface area (Å²) in [5.74, 6) is -1.07. The van der Waals surface area contributed by atoms with Gasteiger partial charge in [-0.3, -0.25) is 9.52 Å². The summed E-state index contributed by atoms with van der Waals surface area (Å²) in [5, 5.41) is 9.40. The van der Waals surface area contributed by atoms with Gasteiger partial charge in [-0.1, -0.05) is 11.6 Å². The zero-order chi connectivity index (χ0) is 20.5. The lowest BCUT2D eigenvalue weighted by Crippen LogP contribution is -2.24. The number of carbonyl (C=O) groups excluding carboxylic acids is 1. The Labute approximate surface area is 166 Å². The number of carbonyl (C=O) groups is 2. The molecule has 148 valence electrons. The number of nitrogens with one attached hydrogen (secondary N) is 1. The van der Waals surface area contributed by atoms with Crippen LogP contribution in [-0.2, 0) is 14.8 Å². The van der Waals surface area contributed by atoms with Crippen LogP contribution in [0.4, 0.5) is 11.4 Å². The number of carboxylic acids is 1. The Morgan fingerprint density at radius 3 is 2.61 bits per heavy atom. The Kier molecular flexibility index (Phi) is 5.48. The van der Waals surface area contributed by atoms with E-state index in [0.29, 0.717) is 30.8 Å². The molecule has 3 rings (SSSR count). The second-order valence-electron chi connectivity index (χ2n) is 6.09. The average molecular weight is 425 g/mol. The summed E-state index contributed by atoms with van der Waals surface area (Å²) in [7, 11) is -2.76. The lowest BCUT2D eigenvalue weighted by molar-refractivity contribution is -0.117. The molecule has 0 unspecified atom stereocenters. The lowest BCUT2D eigenvalue weighted by Gasteiger charge is -2.20. The SMILES string of the molecule is COc1ccc(NS(=O)(=O)c2ccc(Cl)cc2C(=O)O)cc1N1CCCC1=O. The van der Waals surface area contributed by atoms with E-state index in [-0.39, 0.29) is 16.6 Å². The molecule has 1 aliphatic heterocycles. The number of benzene rings is 2. The Hall–Kier alpha value is -2.78. The van der Waals surface area contributed by atoms with E-state index >= 15 is 0 Å². The van der Waals surface area contributed by atoms with Gasteiger partial charge in [-0.25, -0.2) is 13.2 Å². The molecule has 0 aromatic heterocycles. The van der Waals surface area contributed by atoms with Crippen molar-refractivity contribution in [3.05, 3.63) is 47.0 Å². The van der Waals surface area contributed by atoms with Crippen LogP contribution < -0.4 is 14.4 Å². The van der Waals surface area contributed by atoms with Crippen LogP contribution in [0, 0.1) is 0 Å². The molecule has 1 amide bonds. The van der Waals surface area contributed by atoms with Gasteiger partial charge in [0.25, 0.3) is 10.0 Å². The van der Waals surface area contributed by atoms with Crippen LogP contribution in [0.5, 0.6) is 5.75 Å². The molecular formula is C18H17ClN2O6S. The number of anilines is 2. The monoisotopic (exact) mass is 424 g/mol. The zero-order valence-corrected chi connectivity index (χ0v) is 16.4. The molecule has 10 heteroatoms.